The number of carbonyl (C=O) groups excluding carboxylic acids is 1. The van der Waals surface area contributed by atoms with E-state index in [-0.39, 0.29) is 12.0 Å². The van der Waals surface area contributed by atoms with E-state index >= 15 is 0 Å². The summed E-state index contributed by atoms with van der Waals surface area (Å²) in [5, 5.41) is 4.10. The largest absolute Gasteiger partial charge is 0.337 e. The maximum atomic E-state index is 12.8. The summed E-state index contributed by atoms with van der Waals surface area (Å²) in [4.78, 5) is 19.4. The minimum absolute atomic E-state index is 0.00439. The van der Waals surface area contributed by atoms with Gasteiger partial charge < -0.3 is 9.42 Å². The van der Waals surface area contributed by atoms with E-state index in [2.05, 4.69) is 24.0 Å². The van der Waals surface area contributed by atoms with Crippen molar-refractivity contribution >= 4 is 5.91 Å². The summed E-state index contributed by atoms with van der Waals surface area (Å²) in [5.41, 5.74) is 0. The van der Waals surface area contributed by atoms with Gasteiger partial charge in [0.25, 0.3) is 0 Å². The highest BCUT2D eigenvalue weighted by Gasteiger charge is 2.36. The lowest BCUT2D eigenvalue weighted by Gasteiger charge is -2.35. The molecule has 2 heterocycles. The third-order valence-corrected chi connectivity index (χ3v) is 4.85. The maximum Gasteiger partial charge on any atom is 0.249 e. The van der Waals surface area contributed by atoms with Gasteiger partial charge in [-0.1, -0.05) is 31.8 Å². The monoisotopic (exact) mass is 305 g/mol. The van der Waals surface area contributed by atoms with Crippen molar-refractivity contribution in [2.24, 2.45) is 11.8 Å². The van der Waals surface area contributed by atoms with Gasteiger partial charge in [0.1, 0.15) is 6.04 Å². The van der Waals surface area contributed by atoms with Crippen LogP contribution in [-0.2, 0) is 11.2 Å². The van der Waals surface area contributed by atoms with E-state index in [4.69, 9.17) is 4.52 Å². The molecule has 122 valence electrons. The van der Waals surface area contributed by atoms with Crippen LogP contribution in [0, 0.1) is 11.8 Å². The molecule has 0 aromatic carbocycles. The zero-order valence-electron chi connectivity index (χ0n) is 13.8. The molecule has 1 atom stereocenters. The molecule has 1 aromatic rings. The molecule has 0 N–H and O–H groups in total. The molecule has 1 aliphatic carbocycles. The molecule has 1 saturated carbocycles. The van der Waals surface area contributed by atoms with Crippen molar-refractivity contribution in [2.45, 2.75) is 71.3 Å². The molecule has 0 bridgehead atoms. The van der Waals surface area contributed by atoms with Crippen LogP contribution in [-0.4, -0.2) is 27.5 Å². The smallest absolute Gasteiger partial charge is 0.249 e. The standard InChI is InChI=1S/C17H27N3O2/c1-12(2)11-15-18-16(22-19-15)14-9-5-6-10-20(14)17(21)13-7-3-4-8-13/h12-14H,3-11H2,1-2H3/t14-/m0/s1. The van der Waals surface area contributed by atoms with Crippen LogP contribution in [0.2, 0.25) is 0 Å². The number of nitrogens with zero attached hydrogens (tertiary/aromatic N) is 3. The van der Waals surface area contributed by atoms with Crippen molar-refractivity contribution in [1.82, 2.24) is 15.0 Å². The van der Waals surface area contributed by atoms with Crippen LogP contribution in [0.3, 0.4) is 0 Å². The summed E-state index contributed by atoms with van der Waals surface area (Å²) in [7, 11) is 0. The number of carbonyl (C=O) groups is 1. The Bertz CT molecular complexity index is 506. The molecular weight excluding hydrogens is 278 g/mol. The molecule has 22 heavy (non-hydrogen) atoms. The third kappa shape index (κ3) is 3.33. The van der Waals surface area contributed by atoms with Gasteiger partial charge in [0.05, 0.1) is 0 Å². The summed E-state index contributed by atoms with van der Waals surface area (Å²) in [5.74, 6) is 2.45. The molecule has 1 saturated heterocycles. The molecule has 2 fully saturated rings. The first-order valence-electron chi connectivity index (χ1n) is 8.78. The third-order valence-electron chi connectivity index (χ3n) is 4.85. The Morgan fingerprint density at radius 1 is 1.23 bits per heavy atom. The number of hydrogen-bond donors (Lipinski definition) is 0. The van der Waals surface area contributed by atoms with Crippen LogP contribution in [0.25, 0.3) is 0 Å². The number of hydrogen-bond acceptors (Lipinski definition) is 4. The lowest BCUT2D eigenvalue weighted by atomic mass is 9.98. The summed E-state index contributed by atoms with van der Waals surface area (Å²) in [6.45, 7) is 5.13. The Labute approximate surface area is 132 Å². The Morgan fingerprint density at radius 3 is 2.68 bits per heavy atom. The maximum absolute atomic E-state index is 12.8. The fourth-order valence-electron chi connectivity index (χ4n) is 3.71. The summed E-state index contributed by atoms with van der Waals surface area (Å²) in [6.07, 6.45) is 8.45. The predicted molar refractivity (Wildman–Crippen MR) is 83.1 cm³/mol. The number of amides is 1. The van der Waals surface area contributed by atoms with Crippen molar-refractivity contribution in [3.8, 4) is 0 Å². The van der Waals surface area contributed by atoms with Gasteiger partial charge in [0.2, 0.25) is 11.8 Å². The zero-order chi connectivity index (χ0) is 15.5. The first-order chi connectivity index (χ1) is 10.6. The van der Waals surface area contributed by atoms with Crippen molar-refractivity contribution in [3.05, 3.63) is 11.7 Å². The van der Waals surface area contributed by atoms with E-state index in [9.17, 15) is 4.79 Å². The van der Waals surface area contributed by atoms with Crippen LogP contribution < -0.4 is 0 Å². The van der Waals surface area contributed by atoms with Crippen LogP contribution in [0.1, 0.15) is 76.6 Å². The number of likely N-dealkylation sites (tertiary alicyclic amines) is 1. The molecule has 2 aliphatic rings. The summed E-state index contributed by atoms with van der Waals surface area (Å²) in [6, 6.07) is -0.00439. The lowest BCUT2D eigenvalue weighted by molar-refractivity contribution is -0.140. The minimum atomic E-state index is -0.00439. The number of aromatic nitrogens is 2. The molecule has 5 heteroatoms. The summed E-state index contributed by atoms with van der Waals surface area (Å²) < 4.78 is 5.49. The Kier molecular flexibility index (Phi) is 4.79. The Morgan fingerprint density at radius 2 is 1.95 bits per heavy atom. The number of piperidine rings is 1. The second kappa shape index (κ2) is 6.80. The van der Waals surface area contributed by atoms with Crippen LogP contribution in [0.5, 0.6) is 0 Å². The van der Waals surface area contributed by atoms with Crippen LogP contribution in [0.15, 0.2) is 4.52 Å². The molecule has 0 radical (unpaired) electrons. The van der Waals surface area contributed by atoms with Crippen molar-refractivity contribution in [3.63, 3.8) is 0 Å². The van der Waals surface area contributed by atoms with Gasteiger partial charge in [-0.3, -0.25) is 4.79 Å². The first-order valence-corrected chi connectivity index (χ1v) is 8.78. The van der Waals surface area contributed by atoms with E-state index in [0.29, 0.717) is 17.7 Å². The Balaban J connectivity index is 1.74. The highest BCUT2D eigenvalue weighted by molar-refractivity contribution is 5.79. The zero-order valence-corrected chi connectivity index (χ0v) is 13.8. The normalized spacial score (nSPS) is 23.4. The van der Waals surface area contributed by atoms with Gasteiger partial charge >= 0.3 is 0 Å². The fourth-order valence-corrected chi connectivity index (χ4v) is 3.71. The molecule has 3 rings (SSSR count). The van der Waals surface area contributed by atoms with Crippen LogP contribution >= 0.6 is 0 Å². The van der Waals surface area contributed by atoms with E-state index in [1.165, 1.54) is 12.8 Å². The topological polar surface area (TPSA) is 59.2 Å². The van der Waals surface area contributed by atoms with Crippen LogP contribution in [0.4, 0.5) is 0 Å². The van der Waals surface area contributed by atoms with E-state index in [1.54, 1.807) is 0 Å². The molecule has 1 aliphatic heterocycles. The molecule has 5 nitrogen and oxygen atoms in total. The quantitative estimate of drug-likeness (QED) is 0.854. The van der Waals surface area contributed by atoms with Gasteiger partial charge in [-0.05, 0) is 38.0 Å². The highest BCUT2D eigenvalue weighted by atomic mass is 16.5. The molecule has 0 unspecified atom stereocenters. The van der Waals surface area contributed by atoms with E-state index in [0.717, 1.165) is 50.9 Å². The fraction of sp³-hybridized carbons (Fsp3) is 0.824. The van der Waals surface area contributed by atoms with Crippen molar-refractivity contribution < 1.29 is 9.32 Å². The molecule has 1 aromatic heterocycles. The Hall–Kier alpha value is -1.39. The minimum Gasteiger partial charge on any atom is -0.337 e. The lowest BCUT2D eigenvalue weighted by Crippen LogP contribution is -2.41. The van der Waals surface area contributed by atoms with Gasteiger partial charge in [0.15, 0.2) is 5.82 Å². The van der Waals surface area contributed by atoms with E-state index < -0.39 is 0 Å². The summed E-state index contributed by atoms with van der Waals surface area (Å²) >= 11 is 0. The highest BCUT2D eigenvalue weighted by Crippen LogP contribution is 2.34. The van der Waals surface area contributed by atoms with Gasteiger partial charge in [-0.25, -0.2) is 0 Å². The SMILES string of the molecule is CC(C)Cc1noc([C@@H]2CCCCN2C(=O)C2CCCC2)n1. The van der Waals surface area contributed by atoms with Gasteiger partial charge in [-0.15, -0.1) is 0 Å². The van der Waals surface area contributed by atoms with Gasteiger partial charge in [0, 0.05) is 18.9 Å². The van der Waals surface area contributed by atoms with Crippen molar-refractivity contribution in [2.75, 3.05) is 6.54 Å². The van der Waals surface area contributed by atoms with E-state index in [1.807, 2.05) is 4.90 Å². The molecule has 1 amide bonds. The molecular formula is C17H27N3O2. The average Bonchev–Trinajstić information content (AvgIpc) is 3.17. The predicted octanol–water partition coefficient (Wildman–Crippen LogP) is 3.51. The second-order valence-corrected chi connectivity index (χ2v) is 7.17. The second-order valence-electron chi connectivity index (χ2n) is 7.17. The first kappa shape index (κ1) is 15.5. The average molecular weight is 305 g/mol. The van der Waals surface area contributed by atoms with Gasteiger partial charge in [-0.2, -0.15) is 4.98 Å². The number of rotatable bonds is 4. The van der Waals surface area contributed by atoms with Crippen molar-refractivity contribution in [1.29, 1.82) is 0 Å². The molecule has 0 spiro atoms.